The van der Waals surface area contributed by atoms with Gasteiger partial charge in [0, 0.05) is 0 Å². The molecule has 0 aliphatic rings. The largest absolute Gasteiger partial charge is 0.394 e. The molecule has 0 aliphatic heterocycles. The summed E-state index contributed by atoms with van der Waals surface area (Å²) in [5.74, 6) is 0. The summed E-state index contributed by atoms with van der Waals surface area (Å²) in [7, 11) is 0. The molecule has 92 valence electrons. The van der Waals surface area contributed by atoms with Gasteiger partial charge in [-0.2, -0.15) is 0 Å². The predicted molar refractivity (Wildman–Crippen MR) is 67.8 cm³/mol. The predicted octanol–water partition coefficient (Wildman–Crippen LogP) is -1.74. The number of benzene rings is 1. The first kappa shape index (κ1) is 16.2. The SMILES string of the molecule is Clc1cc[c]([BiH2])cc1.NC(CO)(CO)CO. The van der Waals surface area contributed by atoms with Crippen LogP contribution in [0.1, 0.15) is 0 Å². The van der Waals surface area contributed by atoms with Crippen LogP contribution in [0, 0.1) is 0 Å². The van der Waals surface area contributed by atoms with E-state index in [0.29, 0.717) is 0 Å². The van der Waals surface area contributed by atoms with Crippen molar-refractivity contribution < 1.29 is 15.3 Å². The van der Waals surface area contributed by atoms with E-state index in [1.807, 2.05) is 12.1 Å². The van der Waals surface area contributed by atoms with Crippen LogP contribution in [0.25, 0.3) is 0 Å². The molecule has 0 amide bonds. The van der Waals surface area contributed by atoms with Crippen LogP contribution in [-0.4, -0.2) is 65.4 Å². The van der Waals surface area contributed by atoms with Gasteiger partial charge in [0.2, 0.25) is 0 Å². The molecule has 0 bridgehead atoms. The van der Waals surface area contributed by atoms with Crippen LogP contribution < -0.4 is 9.01 Å². The molecule has 0 spiro atoms. The topological polar surface area (TPSA) is 86.7 Å². The molecule has 0 saturated heterocycles. The second kappa shape index (κ2) is 8.34. The molecule has 6 heteroatoms. The van der Waals surface area contributed by atoms with E-state index in [0.717, 1.165) is 29.7 Å². The first-order valence-electron chi connectivity index (χ1n) is 4.60. The molecule has 0 aromatic heterocycles. The number of hydrogen-bond donors (Lipinski definition) is 4. The van der Waals surface area contributed by atoms with E-state index in [2.05, 4.69) is 12.1 Å². The number of halogens is 1. The van der Waals surface area contributed by atoms with Crippen molar-refractivity contribution in [3.05, 3.63) is 29.3 Å². The summed E-state index contributed by atoms with van der Waals surface area (Å²) in [6.45, 7) is -1.21. The van der Waals surface area contributed by atoms with E-state index in [9.17, 15) is 0 Å². The molecular formula is C10H17BiClNO3. The van der Waals surface area contributed by atoms with Gasteiger partial charge < -0.3 is 21.1 Å². The van der Waals surface area contributed by atoms with E-state index in [1.165, 1.54) is 3.27 Å². The molecule has 0 heterocycles. The third kappa shape index (κ3) is 6.74. The third-order valence-corrected chi connectivity index (χ3v) is 3.56. The maximum absolute atomic E-state index is 8.34. The first-order valence-corrected chi connectivity index (χ1v) is 7.22. The van der Waals surface area contributed by atoms with Crippen molar-refractivity contribution in [1.82, 2.24) is 0 Å². The Morgan fingerprint density at radius 1 is 1.06 bits per heavy atom. The summed E-state index contributed by atoms with van der Waals surface area (Å²) in [5, 5.41) is 25.8. The summed E-state index contributed by atoms with van der Waals surface area (Å²) in [4.78, 5) is 0. The maximum atomic E-state index is 8.34. The van der Waals surface area contributed by atoms with Crippen molar-refractivity contribution in [3.63, 3.8) is 0 Å². The fourth-order valence-corrected chi connectivity index (χ4v) is 1.49. The fourth-order valence-electron chi connectivity index (χ4n) is 0.613. The van der Waals surface area contributed by atoms with Gasteiger partial charge in [0.25, 0.3) is 0 Å². The summed E-state index contributed by atoms with van der Waals surface area (Å²) < 4.78 is 1.41. The van der Waals surface area contributed by atoms with E-state index in [4.69, 9.17) is 32.7 Å². The number of nitrogens with two attached hydrogens (primary N) is 1. The van der Waals surface area contributed by atoms with Gasteiger partial charge in [-0.1, -0.05) is 0 Å². The van der Waals surface area contributed by atoms with Gasteiger partial charge >= 0.3 is 68.9 Å². The van der Waals surface area contributed by atoms with Crippen molar-refractivity contribution in [2.75, 3.05) is 19.8 Å². The molecular weight excluding hydrogens is 427 g/mol. The number of rotatable bonds is 3. The number of hydrogen-bond acceptors (Lipinski definition) is 4. The Morgan fingerprint density at radius 2 is 1.44 bits per heavy atom. The van der Waals surface area contributed by atoms with Crippen molar-refractivity contribution in [3.8, 4) is 0 Å². The minimum atomic E-state index is -1.21. The Labute approximate surface area is 115 Å². The Morgan fingerprint density at radius 3 is 1.62 bits per heavy atom. The van der Waals surface area contributed by atoms with E-state index in [1.54, 1.807) is 0 Å². The van der Waals surface area contributed by atoms with Crippen molar-refractivity contribution in [1.29, 1.82) is 0 Å². The Balaban J connectivity index is 0.000000281. The normalized spacial score (nSPS) is 10.6. The van der Waals surface area contributed by atoms with E-state index in [-0.39, 0.29) is 0 Å². The standard InChI is InChI=1S/C6H4Cl.C4H11NO3.Bi.2H/c7-6-4-2-1-3-5-6;5-4(1-6,2-7)3-8;;;/h2-5H;6-8H,1-3,5H2;;;. The third-order valence-electron chi connectivity index (χ3n) is 1.81. The summed E-state index contributed by atoms with van der Waals surface area (Å²) in [6.07, 6.45) is 0. The molecule has 0 radical (unpaired) electrons. The van der Waals surface area contributed by atoms with Crippen LogP contribution in [0.4, 0.5) is 0 Å². The van der Waals surface area contributed by atoms with Crippen LogP contribution in [-0.2, 0) is 0 Å². The zero-order valence-electron chi connectivity index (χ0n) is 8.81. The molecule has 4 nitrogen and oxygen atoms in total. The Kier molecular flexibility index (Phi) is 8.46. The van der Waals surface area contributed by atoms with Crippen LogP contribution in [0.15, 0.2) is 24.3 Å². The first-order chi connectivity index (χ1) is 7.47. The van der Waals surface area contributed by atoms with E-state index >= 15 is 0 Å². The molecule has 0 fully saturated rings. The van der Waals surface area contributed by atoms with Gasteiger partial charge in [0.05, 0.1) is 25.4 Å². The van der Waals surface area contributed by atoms with Gasteiger partial charge in [-0.25, -0.2) is 0 Å². The monoisotopic (exact) mass is 443 g/mol. The van der Waals surface area contributed by atoms with Crippen LogP contribution in [0.5, 0.6) is 0 Å². The minimum absolute atomic E-state index is 0.403. The van der Waals surface area contributed by atoms with Crippen molar-refractivity contribution >= 4 is 39.6 Å². The average Bonchev–Trinajstić information content (AvgIpc) is 2.33. The second-order valence-corrected chi connectivity index (χ2v) is 6.42. The Hall–Kier alpha value is 0.233. The van der Waals surface area contributed by atoms with Crippen molar-refractivity contribution in [2.24, 2.45) is 5.73 Å². The summed E-state index contributed by atoms with van der Waals surface area (Å²) >= 11 is 6.56. The molecule has 0 saturated carbocycles. The molecule has 1 aromatic rings. The van der Waals surface area contributed by atoms with Crippen molar-refractivity contribution in [2.45, 2.75) is 5.54 Å². The average molecular weight is 444 g/mol. The van der Waals surface area contributed by atoms with Crippen LogP contribution >= 0.6 is 11.6 Å². The molecule has 5 N–H and O–H groups in total. The second-order valence-electron chi connectivity index (χ2n) is 3.39. The quantitative estimate of drug-likeness (QED) is 0.418. The van der Waals surface area contributed by atoms with Gasteiger partial charge in [-0.15, -0.1) is 0 Å². The van der Waals surface area contributed by atoms with Gasteiger partial charge in [-0.3, -0.25) is 0 Å². The molecule has 1 aromatic carbocycles. The smallest absolute Gasteiger partial charge is 0.0856 e. The Bertz CT molecular complexity index is 261. The maximum Gasteiger partial charge on any atom is 0.0856 e. The van der Waals surface area contributed by atoms with Gasteiger partial charge in [0.1, 0.15) is 0 Å². The summed E-state index contributed by atoms with van der Waals surface area (Å²) in [5.41, 5.74) is 3.94. The van der Waals surface area contributed by atoms with Crippen LogP contribution in [0.3, 0.4) is 0 Å². The van der Waals surface area contributed by atoms with Gasteiger partial charge in [0.15, 0.2) is 0 Å². The van der Waals surface area contributed by atoms with Crippen LogP contribution in [0.2, 0.25) is 5.02 Å². The molecule has 16 heavy (non-hydrogen) atoms. The number of aliphatic hydroxyl groups excluding tert-OH is 3. The van der Waals surface area contributed by atoms with Gasteiger partial charge in [-0.05, 0) is 0 Å². The zero-order valence-corrected chi connectivity index (χ0v) is 14.0. The zero-order chi connectivity index (χ0) is 12.6. The molecule has 0 atom stereocenters. The fraction of sp³-hybridized carbons (Fsp3) is 0.400. The molecule has 0 aliphatic carbocycles. The molecule has 0 unspecified atom stereocenters. The molecule has 1 rings (SSSR count). The summed E-state index contributed by atoms with van der Waals surface area (Å²) in [6, 6.07) is 7.98. The number of aliphatic hydroxyl groups is 3. The van der Waals surface area contributed by atoms with E-state index < -0.39 is 25.4 Å². The minimum Gasteiger partial charge on any atom is -0.394 e.